The lowest BCUT2D eigenvalue weighted by Gasteiger charge is -2.22. The van der Waals surface area contributed by atoms with Gasteiger partial charge < -0.3 is 9.92 Å². The minimum absolute atomic E-state index is 0.559. The zero-order valence-electron chi connectivity index (χ0n) is 6.02. The zero-order chi connectivity index (χ0) is 6.85. The van der Waals surface area contributed by atoms with Gasteiger partial charge in [-0.25, -0.2) is 0 Å². The average Bonchev–Trinajstić information content (AvgIpc) is 1.80. The normalized spacial score (nSPS) is 22.8. The highest BCUT2D eigenvalue weighted by Gasteiger charge is 2.10. The first-order valence-electron chi connectivity index (χ1n) is 3.26. The molecule has 0 amide bonds. The summed E-state index contributed by atoms with van der Waals surface area (Å²) in [6.07, 6.45) is 1.02. The van der Waals surface area contributed by atoms with Gasteiger partial charge in [-0.2, -0.15) is 0 Å². The van der Waals surface area contributed by atoms with Crippen molar-refractivity contribution in [3.8, 4) is 0 Å². The zero-order valence-corrected chi connectivity index (χ0v) is 6.02. The second-order valence-corrected chi connectivity index (χ2v) is 2.71. The summed E-state index contributed by atoms with van der Waals surface area (Å²) >= 11 is 0. The van der Waals surface area contributed by atoms with E-state index in [1.165, 1.54) is 0 Å². The predicted octanol–water partition coefficient (Wildman–Crippen LogP) is 0.0722. The molecule has 0 spiro atoms. The highest BCUT2D eigenvalue weighted by atomic mass is 16.3. The van der Waals surface area contributed by atoms with Gasteiger partial charge in [0.1, 0.15) is 5.76 Å². The Hall–Kier alpha value is -0.435. The molecule has 3 heteroatoms. The molecule has 0 fully saturated rings. The second-order valence-electron chi connectivity index (χ2n) is 2.71. The van der Waals surface area contributed by atoms with Crippen molar-refractivity contribution in [2.45, 2.75) is 13.3 Å². The number of rotatable bonds is 0. The Balaban J connectivity index is 2.61. The van der Waals surface area contributed by atoms with Crippen molar-refractivity contribution in [3.05, 3.63) is 11.3 Å². The fourth-order valence-electron chi connectivity index (χ4n) is 0.973. The van der Waals surface area contributed by atoms with Crippen LogP contribution in [0.3, 0.4) is 0 Å². The highest BCUT2D eigenvalue weighted by Crippen LogP contribution is 2.12. The molecule has 1 heterocycles. The number of hydrogen-bond acceptors (Lipinski definition) is 2. The van der Waals surface area contributed by atoms with Crippen LogP contribution in [0, 0.1) is 0 Å². The van der Waals surface area contributed by atoms with Gasteiger partial charge in [-0.3, -0.25) is 0 Å². The maximum atomic E-state index is 9.19. The van der Waals surface area contributed by atoms with E-state index in [1.54, 1.807) is 0 Å². The standard InChI is InChI=1S/C6H12BNO/c1-5-2-3-8(7)4-6(5)9/h9H,2-4,7H2,1H3. The molecule has 0 aliphatic carbocycles. The Kier molecular flexibility index (Phi) is 1.81. The highest BCUT2D eigenvalue weighted by molar-refractivity contribution is 6.04. The number of nitrogens with zero attached hydrogens (tertiary/aromatic N) is 1. The van der Waals surface area contributed by atoms with E-state index < -0.39 is 0 Å². The third-order valence-corrected chi connectivity index (χ3v) is 1.78. The number of aliphatic hydroxyl groups excluding tert-OH is 1. The molecule has 0 bridgehead atoms. The molecular formula is C6H12BNO. The Labute approximate surface area is 56.6 Å². The van der Waals surface area contributed by atoms with Crippen molar-refractivity contribution in [2.24, 2.45) is 0 Å². The minimum Gasteiger partial charge on any atom is -0.511 e. The van der Waals surface area contributed by atoms with Crippen LogP contribution in [0.25, 0.3) is 0 Å². The van der Waals surface area contributed by atoms with Crippen LogP contribution in [0.1, 0.15) is 13.3 Å². The first-order chi connectivity index (χ1) is 4.20. The molecule has 1 aliphatic rings. The molecule has 0 atom stereocenters. The van der Waals surface area contributed by atoms with Crippen molar-refractivity contribution in [1.82, 2.24) is 4.81 Å². The second kappa shape index (κ2) is 2.44. The van der Waals surface area contributed by atoms with Crippen molar-refractivity contribution in [1.29, 1.82) is 0 Å². The van der Waals surface area contributed by atoms with Crippen LogP contribution in [0.2, 0.25) is 0 Å². The van der Waals surface area contributed by atoms with Gasteiger partial charge in [-0.1, -0.05) is 0 Å². The molecule has 1 rings (SSSR count). The summed E-state index contributed by atoms with van der Waals surface area (Å²) in [5.41, 5.74) is 1.15. The van der Waals surface area contributed by atoms with Crippen LogP contribution in [-0.2, 0) is 0 Å². The van der Waals surface area contributed by atoms with Gasteiger partial charge in [-0.15, -0.1) is 0 Å². The van der Waals surface area contributed by atoms with Crippen LogP contribution >= 0.6 is 0 Å². The maximum Gasteiger partial charge on any atom is 0.186 e. The van der Waals surface area contributed by atoms with E-state index in [0.717, 1.165) is 25.1 Å². The summed E-state index contributed by atoms with van der Waals surface area (Å²) in [5.74, 6) is 0.559. The van der Waals surface area contributed by atoms with Crippen LogP contribution < -0.4 is 0 Å². The third kappa shape index (κ3) is 1.48. The first kappa shape index (κ1) is 6.68. The molecule has 0 saturated heterocycles. The van der Waals surface area contributed by atoms with E-state index in [0.29, 0.717) is 5.76 Å². The molecule has 9 heavy (non-hydrogen) atoms. The fourth-order valence-corrected chi connectivity index (χ4v) is 0.973. The Morgan fingerprint density at radius 2 is 2.33 bits per heavy atom. The van der Waals surface area contributed by atoms with Gasteiger partial charge in [0.25, 0.3) is 0 Å². The van der Waals surface area contributed by atoms with Gasteiger partial charge >= 0.3 is 0 Å². The van der Waals surface area contributed by atoms with Crippen molar-refractivity contribution >= 4 is 7.98 Å². The van der Waals surface area contributed by atoms with E-state index >= 15 is 0 Å². The molecule has 1 N–H and O–H groups in total. The average molecular weight is 125 g/mol. The lowest BCUT2D eigenvalue weighted by atomic mass is 10.1. The maximum absolute atomic E-state index is 9.19. The molecule has 0 saturated carbocycles. The lowest BCUT2D eigenvalue weighted by Crippen LogP contribution is -2.28. The van der Waals surface area contributed by atoms with Crippen LogP contribution in [-0.4, -0.2) is 31.0 Å². The Bertz CT molecular complexity index is 144. The number of hydrogen-bond donors (Lipinski definition) is 1. The lowest BCUT2D eigenvalue weighted by molar-refractivity contribution is 0.316. The van der Waals surface area contributed by atoms with Crippen molar-refractivity contribution in [2.75, 3.05) is 13.1 Å². The monoisotopic (exact) mass is 125 g/mol. The van der Waals surface area contributed by atoms with Gasteiger partial charge in [-0.05, 0) is 25.5 Å². The summed E-state index contributed by atoms with van der Waals surface area (Å²) < 4.78 is 0. The molecule has 1 aliphatic heterocycles. The first-order valence-corrected chi connectivity index (χ1v) is 3.26. The summed E-state index contributed by atoms with van der Waals surface area (Å²) in [6.45, 7) is 3.80. The molecule has 2 nitrogen and oxygen atoms in total. The van der Waals surface area contributed by atoms with Crippen LogP contribution in [0.4, 0.5) is 0 Å². The topological polar surface area (TPSA) is 23.5 Å². The molecule has 0 radical (unpaired) electrons. The molecule has 0 aromatic carbocycles. The largest absolute Gasteiger partial charge is 0.511 e. The summed E-state index contributed by atoms with van der Waals surface area (Å²) in [4.78, 5) is 2.11. The van der Waals surface area contributed by atoms with Crippen LogP contribution in [0.5, 0.6) is 0 Å². The van der Waals surface area contributed by atoms with E-state index in [9.17, 15) is 5.11 Å². The van der Waals surface area contributed by atoms with E-state index in [1.807, 2.05) is 14.9 Å². The summed E-state index contributed by atoms with van der Waals surface area (Å²) in [7, 11) is 2.02. The third-order valence-electron chi connectivity index (χ3n) is 1.78. The van der Waals surface area contributed by atoms with E-state index in [-0.39, 0.29) is 0 Å². The van der Waals surface area contributed by atoms with Gasteiger partial charge in [0.2, 0.25) is 0 Å². The van der Waals surface area contributed by atoms with E-state index in [2.05, 4.69) is 4.81 Å². The van der Waals surface area contributed by atoms with E-state index in [4.69, 9.17) is 0 Å². The van der Waals surface area contributed by atoms with Crippen molar-refractivity contribution in [3.63, 3.8) is 0 Å². The van der Waals surface area contributed by atoms with Crippen molar-refractivity contribution < 1.29 is 5.11 Å². The Morgan fingerprint density at radius 1 is 1.67 bits per heavy atom. The quantitative estimate of drug-likeness (QED) is 0.463. The predicted molar refractivity (Wildman–Crippen MR) is 40.1 cm³/mol. The smallest absolute Gasteiger partial charge is 0.186 e. The Morgan fingerprint density at radius 3 is 2.78 bits per heavy atom. The van der Waals surface area contributed by atoms with Gasteiger partial charge in [0, 0.05) is 6.54 Å². The van der Waals surface area contributed by atoms with Gasteiger partial charge in [0.15, 0.2) is 7.98 Å². The molecular weight excluding hydrogens is 113 g/mol. The molecule has 50 valence electrons. The van der Waals surface area contributed by atoms with Crippen LogP contribution in [0.15, 0.2) is 11.3 Å². The fraction of sp³-hybridized carbons (Fsp3) is 0.667. The summed E-state index contributed by atoms with van der Waals surface area (Å²) in [5, 5.41) is 9.19. The van der Waals surface area contributed by atoms with Gasteiger partial charge in [0.05, 0.1) is 0 Å². The molecule has 0 aromatic heterocycles. The minimum atomic E-state index is 0.559. The number of aliphatic hydroxyl groups is 1. The SMILES string of the molecule is BN1CCC(C)=C(O)C1. The molecule has 0 unspecified atom stereocenters. The molecule has 0 aromatic rings. The summed E-state index contributed by atoms with van der Waals surface area (Å²) in [6, 6.07) is 0.